The van der Waals surface area contributed by atoms with Crippen LogP contribution in [-0.4, -0.2) is 101 Å². The summed E-state index contributed by atoms with van der Waals surface area (Å²) in [5.41, 5.74) is -2.04. The van der Waals surface area contributed by atoms with Gasteiger partial charge in [-0.2, -0.15) is 0 Å². The molecular weight excluding hydrogens is 785 g/mol. The van der Waals surface area contributed by atoms with Crippen molar-refractivity contribution < 1.29 is 48.8 Å². The molecule has 16 nitrogen and oxygen atoms in total. The van der Waals surface area contributed by atoms with Gasteiger partial charge < -0.3 is 24.7 Å². The first-order valence-electron chi connectivity index (χ1n) is 16.5. The molecular formula is C34H40N4O12S4. The number of hydrogen-bond donors (Lipinski definition) is 2. The largest absolute Gasteiger partial charge is 0.480 e. The highest BCUT2D eigenvalue weighted by atomic mass is 33.1. The summed E-state index contributed by atoms with van der Waals surface area (Å²) in [6.45, 7) is 7.69. The fourth-order valence-electron chi connectivity index (χ4n) is 5.57. The van der Waals surface area contributed by atoms with Crippen molar-refractivity contribution in [3.8, 4) is 0 Å². The Kier molecular flexibility index (Phi) is 14.0. The number of hydrogen-bond acceptors (Lipinski definition) is 14. The molecule has 2 N–H and O–H groups in total. The number of carbonyl (C=O) groups excluding carboxylic acids is 3. The molecule has 2 aromatic rings. The normalized spacial score (nSPS) is 21.6. The van der Waals surface area contributed by atoms with E-state index in [0.717, 1.165) is 11.8 Å². The molecule has 2 aromatic carbocycles. The lowest BCUT2D eigenvalue weighted by Gasteiger charge is -2.37. The highest BCUT2D eigenvalue weighted by Crippen LogP contribution is 2.47. The van der Waals surface area contributed by atoms with Crippen LogP contribution in [0.25, 0.3) is 0 Å². The molecule has 2 fully saturated rings. The second-order valence-corrected chi connectivity index (χ2v) is 18.8. The fourth-order valence-corrected chi connectivity index (χ4v) is 11.3. The molecule has 292 valence electrons. The first kappa shape index (κ1) is 42.7. The molecule has 2 aliphatic rings. The standard InChI is InChI=1S/C34H40N4O12S4/c1-19(26(39)35-24(29(40)41)15-51-27(35)20-8-6-10-22(12-20)37(46)47)14-53-54-18-34(5,17-50-32(45)33(2,3)4)31(44)36-25(30(42)43)16-52-28(36)21-9-7-11-23(13-21)38(48)49/h6-13,19,24-25,27-28H,14-18H2,1-5H3,(H,40,41)(H,42,43)/t19-,24+,25+,27?,28?,34-/m1/s1. The third kappa shape index (κ3) is 9.80. The van der Waals surface area contributed by atoms with Crippen LogP contribution >= 0.6 is 45.1 Å². The van der Waals surface area contributed by atoms with Crippen LogP contribution in [0.1, 0.15) is 56.5 Å². The first-order chi connectivity index (χ1) is 25.3. The number of ether oxygens (including phenoxy) is 1. The minimum Gasteiger partial charge on any atom is -0.480 e. The van der Waals surface area contributed by atoms with Crippen molar-refractivity contribution in [2.45, 2.75) is 57.5 Å². The van der Waals surface area contributed by atoms with Crippen LogP contribution in [0, 0.1) is 37.0 Å². The number of nitrogens with zero attached hydrogens (tertiary/aromatic N) is 4. The Hall–Kier alpha value is -4.01. The minimum atomic E-state index is -1.49. The number of nitro groups is 2. The Labute approximate surface area is 327 Å². The van der Waals surface area contributed by atoms with Crippen LogP contribution in [0.5, 0.6) is 0 Å². The number of nitro benzene ring substituents is 2. The van der Waals surface area contributed by atoms with Gasteiger partial charge in [-0.3, -0.25) is 34.6 Å². The van der Waals surface area contributed by atoms with Gasteiger partial charge in [0.1, 0.15) is 29.4 Å². The number of esters is 1. The summed E-state index contributed by atoms with van der Waals surface area (Å²) in [6.07, 6.45) is 0. The summed E-state index contributed by atoms with van der Waals surface area (Å²) in [4.78, 5) is 90.0. The smallest absolute Gasteiger partial charge is 0.327 e. The Morgan fingerprint density at radius 2 is 1.33 bits per heavy atom. The molecule has 2 amide bonds. The van der Waals surface area contributed by atoms with Crippen LogP contribution in [-0.2, 0) is 28.7 Å². The summed E-state index contributed by atoms with van der Waals surface area (Å²) in [7, 11) is 2.40. The minimum absolute atomic E-state index is 0.00236. The molecule has 2 aliphatic heterocycles. The zero-order valence-corrected chi connectivity index (χ0v) is 33.2. The summed E-state index contributed by atoms with van der Waals surface area (Å²) in [6, 6.07) is 8.87. The lowest BCUT2D eigenvalue weighted by atomic mass is 9.90. The second kappa shape index (κ2) is 17.6. The number of non-ortho nitro benzene ring substituents is 2. The molecule has 2 unspecified atom stereocenters. The maximum Gasteiger partial charge on any atom is 0.327 e. The van der Waals surface area contributed by atoms with Gasteiger partial charge in [-0.05, 0) is 38.8 Å². The van der Waals surface area contributed by atoms with E-state index < -0.39 is 85.8 Å². The van der Waals surface area contributed by atoms with E-state index in [-0.39, 0.29) is 34.4 Å². The molecule has 0 spiro atoms. The van der Waals surface area contributed by atoms with E-state index >= 15 is 0 Å². The van der Waals surface area contributed by atoms with Crippen LogP contribution in [0.15, 0.2) is 48.5 Å². The van der Waals surface area contributed by atoms with Gasteiger partial charge in [0.15, 0.2) is 0 Å². The summed E-state index contributed by atoms with van der Waals surface area (Å²) in [5, 5.41) is 41.3. The predicted octanol–water partition coefficient (Wildman–Crippen LogP) is 5.87. The number of carboxylic acid groups (broad SMARTS) is 2. The highest BCUT2D eigenvalue weighted by molar-refractivity contribution is 8.76. The van der Waals surface area contributed by atoms with Gasteiger partial charge in [-0.1, -0.05) is 52.8 Å². The second-order valence-electron chi connectivity index (χ2n) is 14.1. The number of benzene rings is 2. The van der Waals surface area contributed by atoms with Crippen LogP contribution in [0.3, 0.4) is 0 Å². The Morgan fingerprint density at radius 1 is 0.852 bits per heavy atom. The van der Waals surface area contributed by atoms with E-state index in [2.05, 4.69) is 0 Å². The summed E-state index contributed by atoms with van der Waals surface area (Å²) in [5.74, 6) is -4.66. The van der Waals surface area contributed by atoms with E-state index in [1.54, 1.807) is 46.8 Å². The maximum atomic E-state index is 14.5. The van der Waals surface area contributed by atoms with Crippen molar-refractivity contribution in [3.05, 3.63) is 79.9 Å². The number of aliphatic carboxylic acids is 2. The highest BCUT2D eigenvalue weighted by Gasteiger charge is 2.50. The number of carboxylic acids is 2. The van der Waals surface area contributed by atoms with Gasteiger partial charge in [0.25, 0.3) is 11.4 Å². The van der Waals surface area contributed by atoms with E-state index in [9.17, 15) is 54.4 Å². The van der Waals surface area contributed by atoms with Crippen molar-refractivity contribution >= 4 is 86.2 Å². The van der Waals surface area contributed by atoms with Crippen LogP contribution < -0.4 is 0 Å². The van der Waals surface area contributed by atoms with E-state index in [4.69, 9.17) is 4.74 Å². The van der Waals surface area contributed by atoms with Gasteiger partial charge >= 0.3 is 17.9 Å². The van der Waals surface area contributed by atoms with E-state index in [0.29, 0.717) is 11.1 Å². The Balaban J connectivity index is 1.54. The SMILES string of the molecule is C[C@H](CSSC[C@@](C)(COC(=O)C(C)(C)C)C(=O)N1C(c2cccc([N+](=O)[O-])c2)SC[C@H]1C(=O)O)C(=O)N1C(c2cccc([N+](=O)[O-])c2)SC[C@H]1C(=O)O. The lowest BCUT2D eigenvalue weighted by Crippen LogP contribution is -2.52. The molecule has 0 saturated carbocycles. The summed E-state index contributed by atoms with van der Waals surface area (Å²) >= 11 is 2.34. The molecule has 2 saturated heterocycles. The molecule has 20 heteroatoms. The topological polar surface area (TPSA) is 228 Å². The van der Waals surface area contributed by atoms with Crippen molar-refractivity contribution in [2.24, 2.45) is 16.7 Å². The maximum absolute atomic E-state index is 14.5. The zero-order chi connectivity index (χ0) is 40.1. The molecule has 0 bridgehead atoms. The zero-order valence-electron chi connectivity index (χ0n) is 29.9. The molecule has 0 aliphatic carbocycles. The third-order valence-corrected chi connectivity index (χ3v) is 14.1. The van der Waals surface area contributed by atoms with E-state index in [1.807, 2.05) is 0 Å². The molecule has 0 aromatic heterocycles. The van der Waals surface area contributed by atoms with Gasteiger partial charge in [0.2, 0.25) is 11.8 Å². The Morgan fingerprint density at radius 3 is 1.80 bits per heavy atom. The average Bonchev–Trinajstić information content (AvgIpc) is 3.77. The fraction of sp³-hybridized carbons (Fsp3) is 0.500. The molecule has 54 heavy (non-hydrogen) atoms. The van der Waals surface area contributed by atoms with Crippen molar-refractivity contribution in [1.29, 1.82) is 0 Å². The average molecular weight is 825 g/mol. The monoisotopic (exact) mass is 824 g/mol. The number of carbonyl (C=O) groups is 5. The first-order valence-corrected chi connectivity index (χ1v) is 21.1. The van der Waals surface area contributed by atoms with Crippen LogP contribution in [0.4, 0.5) is 11.4 Å². The van der Waals surface area contributed by atoms with E-state index in [1.165, 1.54) is 79.5 Å². The number of rotatable bonds is 15. The Bertz CT molecular complexity index is 1810. The molecule has 2 heterocycles. The van der Waals surface area contributed by atoms with Crippen molar-refractivity contribution in [2.75, 3.05) is 29.6 Å². The molecule has 4 rings (SSSR count). The van der Waals surface area contributed by atoms with Crippen LogP contribution in [0.2, 0.25) is 0 Å². The van der Waals surface area contributed by atoms with Crippen molar-refractivity contribution in [1.82, 2.24) is 9.80 Å². The number of amides is 2. The molecule has 6 atom stereocenters. The van der Waals surface area contributed by atoms with Gasteiger partial charge in [0.05, 0.1) is 20.7 Å². The third-order valence-electron chi connectivity index (χ3n) is 8.64. The summed E-state index contributed by atoms with van der Waals surface area (Å²) < 4.78 is 5.62. The lowest BCUT2D eigenvalue weighted by molar-refractivity contribution is -0.385. The van der Waals surface area contributed by atoms with Crippen molar-refractivity contribution in [3.63, 3.8) is 0 Å². The van der Waals surface area contributed by atoms with Gasteiger partial charge in [0, 0.05) is 53.2 Å². The van der Waals surface area contributed by atoms with Gasteiger partial charge in [-0.15, -0.1) is 23.5 Å². The number of thioether (sulfide) groups is 2. The predicted molar refractivity (Wildman–Crippen MR) is 206 cm³/mol. The quantitative estimate of drug-likeness (QED) is 0.0703. The molecule has 0 radical (unpaired) electrons. The van der Waals surface area contributed by atoms with Gasteiger partial charge in [-0.25, -0.2) is 9.59 Å².